The lowest BCUT2D eigenvalue weighted by Crippen LogP contribution is -2.45. The molecule has 1 saturated heterocycles. The average molecular weight is 569 g/mol. The van der Waals surface area contributed by atoms with E-state index in [1.165, 1.54) is 26.5 Å². The summed E-state index contributed by atoms with van der Waals surface area (Å²) in [5, 5.41) is 14.9. The number of anilines is 4. The molecule has 1 spiro atoms. The Bertz CT molecular complexity index is 1530. The highest BCUT2D eigenvalue weighted by Gasteiger charge is 2.57. The molecule has 1 amide bonds. The summed E-state index contributed by atoms with van der Waals surface area (Å²) in [5.74, 6) is -3.39. The number of pyridine rings is 2. The maximum absolute atomic E-state index is 15.2. The summed E-state index contributed by atoms with van der Waals surface area (Å²) in [5.41, 5.74) is 0.499. The zero-order valence-corrected chi connectivity index (χ0v) is 22.3. The third-order valence-electron chi connectivity index (χ3n) is 7.70. The van der Waals surface area contributed by atoms with Crippen LogP contribution in [-0.4, -0.2) is 61.3 Å². The van der Waals surface area contributed by atoms with Gasteiger partial charge in [-0.3, -0.25) is 14.9 Å². The predicted molar refractivity (Wildman–Crippen MR) is 143 cm³/mol. The number of fused-ring (bicyclic) bond motifs is 2. The van der Waals surface area contributed by atoms with Gasteiger partial charge in [0, 0.05) is 31.0 Å². The second kappa shape index (κ2) is 10.1. The Hall–Kier alpha value is -4.59. The molecule has 0 bridgehead atoms. The number of nitrogens with zero attached hydrogens (tertiary/aromatic N) is 5. The number of hydrogen-bond donors (Lipinski definition) is 1. The number of nitro groups is 1. The minimum atomic E-state index is -1.11. The van der Waals surface area contributed by atoms with E-state index in [4.69, 9.17) is 14.2 Å². The lowest BCUT2D eigenvalue weighted by atomic mass is 9.86. The van der Waals surface area contributed by atoms with Crippen molar-refractivity contribution in [3.63, 3.8) is 0 Å². The average Bonchev–Trinajstić information content (AvgIpc) is 3.78. The number of amides is 1. The fraction of sp³-hybridized carbons (Fsp3) is 0.370. The molecule has 12 nitrogen and oxygen atoms in total. The minimum Gasteiger partial charge on any atom is -0.479 e. The molecule has 214 valence electrons. The van der Waals surface area contributed by atoms with Gasteiger partial charge in [0.15, 0.2) is 0 Å². The minimum absolute atomic E-state index is 0.122. The van der Waals surface area contributed by atoms with Crippen molar-refractivity contribution in [2.24, 2.45) is 0 Å². The van der Waals surface area contributed by atoms with Gasteiger partial charge in [-0.1, -0.05) is 0 Å². The number of methoxy groups -OCH3 is 2. The first kappa shape index (κ1) is 26.6. The van der Waals surface area contributed by atoms with Gasteiger partial charge in [-0.25, -0.2) is 4.98 Å². The summed E-state index contributed by atoms with van der Waals surface area (Å²) in [6, 6.07) is 6.61. The van der Waals surface area contributed by atoms with Crippen molar-refractivity contribution in [2.75, 3.05) is 55.6 Å². The lowest BCUT2D eigenvalue weighted by molar-refractivity contribution is -0.383. The van der Waals surface area contributed by atoms with Crippen molar-refractivity contribution >= 4 is 34.5 Å². The first-order valence-corrected chi connectivity index (χ1v) is 12.9. The van der Waals surface area contributed by atoms with Crippen molar-refractivity contribution in [1.82, 2.24) is 9.97 Å². The van der Waals surface area contributed by atoms with E-state index < -0.39 is 45.3 Å². The first-order chi connectivity index (χ1) is 19.8. The summed E-state index contributed by atoms with van der Waals surface area (Å²) < 4.78 is 45.7. The normalized spacial score (nSPS) is 17.3. The quantitative estimate of drug-likeness (QED) is 0.331. The van der Waals surface area contributed by atoms with Gasteiger partial charge in [0.2, 0.25) is 17.5 Å². The molecule has 2 fully saturated rings. The van der Waals surface area contributed by atoms with E-state index in [2.05, 4.69) is 15.3 Å². The highest BCUT2D eigenvalue weighted by Crippen LogP contribution is 2.55. The number of halogens is 2. The van der Waals surface area contributed by atoms with Crippen LogP contribution in [0.1, 0.15) is 24.0 Å². The fourth-order valence-corrected chi connectivity index (χ4v) is 5.46. The number of morpholine rings is 1. The molecule has 3 aliphatic rings. The zero-order chi connectivity index (χ0) is 28.9. The maximum atomic E-state index is 15.2. The molecule has 6 rings (SSSR count). The molecule has 3 aromatic rings. The van der Waals surface area contributed by atoms with Crippen molar-refractivity contribution in [2.45, 2.75) is 24.8 Å². The third kappa shape index (κ3) is 4.43. The van der Waals surface area contributed by atoms with E-state index in [9.17, 15) is 14.9 Å². The molecular weight excluding hydrogens is 542 g/mol. The van der Waals surface area contributed by atoms with E-state index in [0.717, 1.165) is 10.6 Å². The van der Waals surface area contributed by atoms with Gasteiger partial charge in [-0.2, -0.15) is 13.8 Å². The first-order valence-electron chi connectivity index (χ1n) is 12.9. The van der Waals surface area contributed by atoms with Crippen LogP contribution < -0.4 is 24.6 Å². The molecular formula is C27H26F2N6O6. The number of aromatic nitrogens is 2. The molecule has 1 aliphatic carbocycles. The van der Waals surface area contributed by atoms with E-state index in [0.29, 0.717) is 56.1 Å². The Morgan fingerprint density at radius 1 is 1.10 bits per heavy atom. The van der Waals surface area contributed by atoms with Crippen LogP contribution in [0, 0.1) is 21.7 Å². The molecule has 14 heteroatoms. The Kier molecular flexibility index (Phi) is 6.56. The van der Waals surface area contributed by atoms with E-state index in [1.54, 1.807) is 18.2 Å². The van der Waals surface area contributed by atoms with Crippen LogP contribution in [0.15, 0.2) is 30.5 Å². The number of carbonyl (C=O) groups is 1. The smallest absolute Gasteiger partial charge is 0.294 e. The van der Waals surface area contributed by atoms with Crippen molar-refractivity contribution in [3.8, 4) is 11.8 Å². The Morgan fingerprint density at radius 3 is 2.39 bits per heavy atom. The van der Waals surface area contributed by atoms with Crippen LogP contribution in [0.2, 0.25) is 0 Å². The Morgan fingerprint density at radius 2 is 1.78 bits per heavy atom. The second-order valence-corrected chi connectivity index (χ2v) is 9.99. The molecule has 2 aliphatic heterocycles. The van der Waals surface area contributed by atoms with Crippen LogP contribution in [0.5, 0.6) is 11.8 Å². The second-order valence-electron chi connectivity index (χ2n) is 9.99. The highest BCUT2D eigenvalue weighted by molar-refractivity contribution is 6.05. The van der Waals surface area contributed by atoms with Crippen LogP contribution in [-0.2, 0) is 21.5 Å². The molecule has 0 unspecified atom stereocenters. The van der Waals surface area contributed by atoms with Crippen molar-refractivity contribution < 1.29 is 32.7 Å². The number of benzene rings is 1. The molecule has 4 heterocycles. The number of hydrogen-bond acceptors (Lipinski definition) is 10. The van der Waals surface area contributed by atoms with Gasteiger partial charge in [0.1, 0.15) is 17.2 Å². The predicted octanol–water partition coefficient (Wildman–Crippen LogP) is 3.84. The topological polar surface area (TPSA) is 132 Å². The molecule has 0 radical (unpaired) electrons. The van der Waals surface area contributed by atoms with E-state index in [1.807, 2.05) is 4.90 Å². The lowest BCUT2D eigenvalue weighted by Gasteiger charge is -2.35. The molecule has 1 N–H and O–H groups in total. The van der Waals surface area contributed by atoms with Crippen molar-refractivity contribution in [1.29, 1.82) is 0 Å². The molecule has 2 aromatic heterocycles. The van der Waals surface area contributed by atoms with Gasteiger partial charge >= 0.3 is 0 Å². The monoisotopic (exact) mass is 568 g/mol. The van der Waals surface area contributed by atoms with Crippen LogP contribution >= 0.6 is 0 Å². The third-order valence-corrected chi connectivity index (χ3v) is 7.70. The number of nitrogens with one attached hydrogen (secondary N) is 1. The van der Waals surface area contributed by atoms with Crippen LogP contribution in [0.4, 0.5) is 37.3 Å². The number of carbonyl (C=O) groups excluding carboxylic acids is 1. The van der Waals surface area contributed by atoms with Gasteiger partial charge in [0.05, 0.1) is 44.3 Å². The number of nitro benzene ring substituents is 1. The van der Waals surface area contributed by atoms with E-state index in [-0.39, 0.29) is 17.9 Å². The molecule has 1 saturated carbocycles. The SMILES string of the molecule is COc1nc(OC)c(F)c(N2Cc3cnc(Nc4ccc(N5CCOCC5)cc4[N+](=O)[O-])cc3C3(CC3)C2=O)c1F. The summed E-state index contributed by atoms with van der Waals surface area (Å²) in [4.78, 5) is 36.3. The maximum Gasteiger partial charge on any atom is 0.294 e. The number of rotatable bonds is 7. The summed E-state index contributed by atoms with van der Waals surface area (Å²) >= 11 is 0. The van der Waals surface area contributed by atoms with Gasteiger partial charge in [-0.05, 0) is 42.2 Å². The van der Waals surface area contributed by atoms with Gasteiger partial charge in [0.25, 0.3) is 17.4 Å². The molecule has 0 atom stereocenters. The van der Waals surface area contributed by atoms with Crippen LogP contribution in [0.25, 0.3) is 0 Å². The molecule has 1 aromatic carbocycles. The fourth-order valence-electron chi connectivity index (χ4n) is 5.46. The Labute approximate surface area is 233 Å². The van der Waals surface area contributed by atoms with Crippen molar-refractivity contribution in [3.05, 3.63) is 63.3 Å². The summed E-state index contributed by atoms with van der Waals surface area (Å²) in [6.45, 7) is 2.22. The molecule has 41 heavy (non-hydrogen) atoms. The van der Waals surface area contributed by atoms with Gasteiger partial charge < -0.3 is 29.3 Å². The number of ether oxygens (including phenoxy) is 3. The van der Waals surface area contributed by atoms with Crippen LogP contribution in [0.3, 0.4) is 0 Å². The summed E-state index contributed by atoms with van der Waals surface area (Å²) in [7, 11) is 2.36. The van der Waals surface area contributed by atoms with E-state index >= 15 is 8.78 Å². The Balaban J connectivity index is 1.33. The zero-order valence-electron chi connectivity index (χ0n) is 22.3. The summed E-state index contributed by atoms with van der Waals surface area (Å²) in [6.07, 6.45) is 2.45. The van der Waals surface area contributed by atoms with Gasteiger partial charge in [-0.15, -0.1) is 0 Å². The standard InChI is InChI=1S/C27H26F2N6O6/c1-39-24-21(28)23(22(29)25(32-24)40-2)34-14-15-13-30-20(12-17(15)27(5-6-27)26(34)36)31-18-4-3-16(11-19(18)35(37)38)33-7-9-41-10-8-33/h3-4,11-13H,5-10,14H2,1-2H3,(H,30,31). The largest absolute Gasteiger partial charge is 0.479 e. The highest BCUT2D eigenvalue weighted by atomic mass is 19.1.